The molecular formula is C14H22N4O2S. The van der Waals surface area contributed by atoms with Gasteiger partial charge in [-0.25, -0.2) is 4.98 Å². The number of nitrogens with one attached hydrogen (secondary N) is 2. The maximum atomic E-state index is 12.0. The Hall–Kier alpha value is -1.50. The van der Waals surface area contributed by atoms with E-state index in [0.29, 0.717) is 5.16 Å². The van der Waals surface area contributed by atoms with E-state index in [1.54, 1.807) is 0 Å². The Labute approximate surface area is 128 Å². The predicted molar refractivity (Wildman–Crippen MR) is 84.2 cm³/mol. The van der Waals surface area contributed by atoms with Gasteiger partial charge in [-0.3, -0.25) is 9.59 Å². The average molecular weight is 310 g/mol. The van der Waals surface area contributed by atoms with Crippen LogP contribution in [0.1, 0.15) is 44.9 Å². The van der Waals surface area contributed by atoms with E-state index in [1.807, 2.05) is 0 Å². The predicted octanol–water partition coefficient (Wildman–Crippen LogP) is 1.67. The fourth-order valence-electron chi connectivity index (χ4n) is 2.53. The van der Waals surface area contributed by atoms with Crippen LogP contribution in [0.2, 0.25) is 0 Å². The minimum absolute atomic E-state index is 0.0179. The number of carbonyl (C=O) groups is 1. The molecule has 0 atom stereocenters. The van der Waals surface area contributed by atoms with Crippen molar-refractivity contribution in [1.29, 1.82) is 0 Å². The Kier molecular flexibility index (Phi) is 6.10. The van der Waals surface area contributed by atoms with Crippen molar-refractivity contribution in [1.82, 2.24) is 15.3 Å². The summed E-state index contributed by atoms with van der Waals surface area (Å²) in [7, 11) is 0. The maximum Gasteiger partial charge on any atom is 0.253 e. The van der Waals surface area contributed by atoms with Gasteiger partial charge in [-0.2, -0.15) is 0 Å². The van der Waals surface area contributed by atoms with Gasteiger partial charge in [0.15, 0.2) is 5.16 Å². The summed E-state index contributed by atoms with van der Waals surface area (Å²) in [6, 6.07) is 1.50. The molecule has 0 radical (unpaired) electrons. The van der Waals surface area contributed by atoms with E-state index < -0.39 is 0 Å². The Morgan fingerprint density at radius 3 is 2.67 bits per heavy atom. The average Bonchev–Trinajstić information content (AvgIpc) is 2.38. The smallest absolute Gasteiger partial charge is 0.253 e. The van der Waals surface area contributed by atoms with Crippen LogP contribution in [-0.4, -0.2) is 27.7 Å². The molecule has 2 rings (SSSR count). The number of thioether (sulfide) groups is 1. The quantitative estimate of drug-likeness (QED) is 0.580. The third-order valence-corrected chi connectivity index (χ3v) is 4.42. The van der Waals surface area contributed by atoms with Crippen molar-refractivity contribution in [3.63, 3.8) is 0 Å². The Morgan fingerprint density at radius 1 is 1.33 bits per heavy atom. The van der Waals surface area contributed by atoms with Crippen molar-refractivity contribution in [3.8, 4) is 0 Å². The van der Waals surface area contributed by atoms with Gasteiger partial charge < -0.3 is 16.0 Å². The number of nitrogens with two attached hydrogens (primary N) is 1. The molecular weight excluding hydrogens is 288 g/mol. The van der Waals surface area contributed by atoms with Gasteiger partial charge in [-0.1, -0.05) is 43.9 Å². The van der Waals surface area contributed by atoms with Crippen LogP contribution in [0.3, 0.4) is 0 Å². The third-order valence-electron chi connectivity index (χ3n) is 3.55. The van der Waals surface area contributed by atoms with E-state index in [-0.39, 0.29) is 29.1 Å². The highest BCUT2D eigenvalue weighted by Crippen LogP contribution is 2.17. The number of nitrogens with zero attached hydrogens (tertiary/aromatic N) is 1. The number of carbonyl (C=O) groups excluding carboxylic acids is 1. The summed E-state index contributed by atoms with van der Waals surface area (Å²) in [6.07, 6.45) is 8.31. The second kappa shape index (κ2) is 8.07. The number of aromatic amines is 1. The van der Waals surface area contributed by atoms with Crippen molar-refractivity contribution in [2.45, 2.75) is 56.1 Å². The second-order valence-corrected chi connectivity index (χ2v) is 6.34. The molecule has 7 heteroatoms. The topological polar surface area (TPSA) is 101 Å². The van der Waals surface area contributed by atoms with Gasteiger partial charge in [-0.05, 0) is 12.8 Å². The molecule has 0 aliphatic heterocycles. The van der Waals surface area contributed by atoms with Crippen molar-refractivity contribution in [2.75, 3.05) is 11.5 Å². The minimum Gasteiger partial charge on any atom is -0.383 e. The summed E-state index contributed by atoms with van der Waals surface area (Å²) >= 11 is 1.20. The lowest BCUT2D eigenvalue weighted by Crippen LogP contribution is -2.36. The number of amides is 1. The van der Waals surface area contributed by atoms with Crippen LogP contribution in [0, 0.1) is 0 Å². The van der Waals surface area contributed by atoms with Gasteiger partial charge in [0.05, 0.1) is 5.75 Å². The van der Waals surface area contributed by atoms with E-state index in [9.17, 15) is 9.59 Å². The van der Waals surface area contributed by atoms with Gasteiger partial charge in [-0.15, -0.1) is 0 Å². The van der Waals surface area contributed by atoms with Crippen LogP contribution in [-0.2, 0) is 4.79 Å². The number of anilines is 1. The molecule has 6 nitrogen and oxygen atoms in total. The van der Waals surface area contributed by atoms with Crippen LogP contribution < -0.4 is 16.6 Å². The lowest BCUT2D eigenvalue weighted by molar-refractivity contribution is -0.119. The van der Waals surface area contributed by atoms with Crippen LogP contribution >= 0.6 is 11.8 Å². The summed E-state index contributed by atoms with van der Waals surface area (Å²) in [6.45, 7) is 0. The molecule has 1 amide bonds. The summed E-state index contributed by atoms with van der Waals surface area (Å²) in [5.41, 5.74) is 5.20. The number of nitrogen functional groups attached to an aromatic ring is 1. The molecule has 0 saturated heterocycles. The SMILES string of the molecule is Nc1cc(=O)[nH]c(SCC(=O)NC2CCCCCCC2)n1. The van der Waals surface area contributed by atoms with Crippen LogP contribution in [0.25, 0.3) is 0 Å². The molecule has 1 aromatic heterocycles. The summed E-state index contributed by atoms with van der Waals surface area (Å²) in [4.78, 5) is 29.8. The molecule has 4 N–H and O–H groups in total. The number of hydrogen-bond acceptors (Lipinski definition) is 5. The summed E-state index contributed by atoms with van der Waals surface area (Å²) < 4.78 is 0. The largest absolute Gasteiger partial charge is 0.383 e. The van der Waals surface area contributed by atoms with Crippen molar-refractivity contribution in [3.05, 3.63) is 16.4 Å². The Balaban J connectivity index is 1.79. The first-order valence-corrected chi connectivity index (χ1v) is 8.41. The summed E-state index contributed by atoms with van der Waals surface area (Å²) in [5.74, 6) is 0.389. The fourth-order valence-corrected chi connectivity index (χ4v) is 3.22. The summed E-state index contributed by atoms with van der Waals surface area (Å²) in [5, 5.41) is 3.46. The standard InChI is InChI=1S/C14H22N4O2S/c15-11-8-12(19)18-14(17-11)21-9-13(20)16-10-6-4-2-1-3-5-7-10/h8,10H,1-7,9H2,(H,16,20)(H3,15,17,18,19). The van der Waals surface area contributed by atoms with Crippen molar-refractivity contribution in [2.24, 2.45) is 0 Å². The number of hydrogen-bond donors (Lipinski definition) is 3. The van der Waals surface area contributed by atoms with Gasteiger partial charge in [0.1, 0.15) is 5.82 Å². The molecule has 1 aliphatic carbocycles. The van der Waals surface area contributed by atoms with E-state index >= 15 is 0 Å². The number of rotatable bonds is 4. The zero-order valence-electron chi connectivity index (χ0n) is 12.1. The van der Waals surface area contributed by atoms with Gasteiger partial charge in [0.2, 0.25) is 5.91 Å². The molecule has 1 heterocycles. The monoisotopic (exact) mass is 310 g/mol. The Morgan fingerprint density at radius 2 is 2.00 bits per heavy atom. The highest BCUT2D eigenvalue weighted by molar-refractivity contribution is 7.99. The molecule has 0 aromatic carbocycles. The van der Waals surface area contributed by atoms with Crippen LogP contribution in [0.4, 0.5) is 5.82 Å². The van der Waals surface area contributed by atoms with Crippen molar-refractivity contribution >= 4 is 23.5 Å². The molecule has 0 spiro atoms. The zero-order chi connectivity index (χ0) is 15.1. The fraction of sp³-hybridized carbons (Fsp3) is 0.643. The highest BCUT2D eigenvalue weighted by Gasteiger charge is 2.14. The molecule has 1 aliphatic rings. The zero-order valence-corrected chi connectivity index (χ0v) is 12.9. The number of H-pyrrole nitrogens is 1. The first-order valence-electron chi connectivity index (χ1n) is 7.42. The van der Waals surface area contributed by atoms with E-state index in [1.165, 1.54) is 49.9 Å². The first kappa shape index (κ1) is 15.9. The molecule has 0 bridgehead atoms. The molecule has 116 valence electrons. The molecule has 1 aromatic rings. The van der Waals surface area contributed by atoms with E-state index in [0.717, 1.165) is 12.8 Å². The van der Waals surface area contributed by atoms with Crippen LogP contribution in [0.5, 0.6) is 0 Å². The second-order valence-electron chi connectivity index (χ2n) is 5.37. The molecule has 21 heavy (non-hydrogen) atoms. The maximum absolute atomic E-state index is 12.0. The van der Waals surface area contributed by atoms with Gasteiger partial charge in [0, 0.05) is 12.1 Å². The third kappa shape index (κ3) is 5.79. The number of aromatic nitrogens is 2. The molecule has 1 saturated carbocycles. The lowest BCUT2D eigenvalue weighted by atomic mass is 9.97. The van der Waals surface area contributed by atoms with Gasteiger partial charge in [0.25, 0.3) is 5.56 Å². The first-order chi connectivity index (χ1) is 10.1. The minimum atomic E-state index is -0.301. The van der Waals surface area contributed by atoms with E-state index in [2.05, 4.69) is 15.3 Å². The highest BCUT2D eigenvalue weighted by atomic mass is 32.2. The van der Waals surface area contributed by atoms with Crippen LogP contribution in [0.15, 0.2) is 16.0 Å². The van der Waals surface area contributed by atoms with E-state index in [4.69, 9.17) is 5.73 Å². The Bertz CT molecular complexity index is 524. The lowest BCUT2D eigenvalue weighted by Gasteiger charge is -2.20. The molecule has 1 fully saturated rings. The molecule has 0 unspecified atom stereocenters. The normalized spacial score (nSPS) is 17.0. The van der Waals surface area contributed by atoms with Crippen molar-refractivity contribution < 1.29 is 4.79 Å². The van der Waals surface area contributed by atoms with Gasteiger partial charge >= 0.3 is 0 Å².